The van der Waals surface area contributed by atoms with Crippen LogP contribution in [0, 0.1) is 5.92 Å². The Labute approximate surface area is 109 Å². The van der Waals surface area contributed by atoms with Crippen LogP contribution in [0.15, 0.2) is 0 Å². The number of hydrogen-bond acceptors (Lipinski definition) is 4. The summed E-state index contributed by atoms with van der Waals surface area (Å²) in [6.45, 7) is 3.67. The highest BCUT2D eigenvalue weighted by Gasteiger charge is 2.27. The number of nitrogens with one attached hydrogen (secondary N) is 1. The molecule has 1 atom stereocenters. The lowest BCUT2D eigenvalue weighted by molar-refractivity contribution is 0.144. The molecule has 1 heterocycles. The first-order valence-electron chi connectivity index (χ1n) is 6.86. The van der Waals surface area contributed by atoms with E-state index in [2.05, 4.69) is 27.2 Å². The van der Waals surface area contributed by atoms with Gasteiger partial charge in [0.2, 0.25) is 0 Å². The van der Waals surface area contributed by atoms with Crippen molar-refractivity contribution in [1.82, 2.24) is 20.3 Å². The summed E-state index contributed by atoms with van der Waals surface area (Å²) < 4.78 is 7.38. The van der Waals surface area contributed by atoms with Crippen LogP contribution in [0.1, 0.15) is 43.6 Å². The smallest absolute Gasteiger partial charge is 0.0996 e. The van der Waals surface area contributed by atoms with E-state index in [0.29, 0.717) is 12.6 Å². The molecule has 1 aliphatic carbocycles. The molecular formula is C13H24N4O. The van der Waals surface area contributed by atoms with Crippen molar-refractivity contribution in [3.05, 3.63) is 11.4 Å². The SMILES string of the molecule is CCC(COC)n1nnc(CNC)c1CC1CC1. The van der Waals surface area contributed by atoms with E-state index < -0.39 is 0 Å². The first kappa shape index (κ1) is 13.5. The van der Waals surface area contributed by atoms with Gasteiger partial charge in [-0.3, -0.25) is 0 Å². The zero-order chi connectivity index (χ0) is 13.0. The van der Waals surface area contributed by atoms with Crippen LogP contribution in [0.4, 0.5) is 0 Å². The predicted octanol–water partition coefficient (Wildman–Crippen LogP) is 1.55. The van der Waals surface area contributed by atoms with Gasteiger partial charge in [-0.25, -0.2) is 4.68 Å². The fraction of sp³-hybridized carbons (Fsp3) is 0.846. The molecule has 0 bridgehead atoms. The van der Waals surface area contributed by atoms with Gasteiger partial charge in [-0.1, -0.05) is 12.1 Å². The highest BCUT2D eigenvalue weighted by Crippen LogP contribution is 2.34. The Bertz CT molecular complexity index is 373. The number of nitrogens with zero attached hydrogens (tertiary/aromatic N) is 3. The second-order valence-electron chi connectivity index (χ2n) is 5.12. The Balaban J connectivity index is 2.20. The van der Waals surface area contributed by atoms with Crippen molar-refractivity contribution in [2.45, 2.75) is 45.2 Å². The summed E-state index contributed by atoms with van der Waals surface area (Å²) in [5.74, 6) is 0.845. The van der Waals surface area contributed by atoms with Gasteiger partial charge in [-0.15, -0.1) is 5.10 Å². The zero-order valence-electron chi connectivity index (χ0n) is 11.6. The first-order chi connectivity index (χ1) is 8.80. The fourth-order valence-corrected chi connectivity index (χ4v) is 2.30. The molecular weight excluding hydrogens is 228 g/mol. The van der Waals surface area contributed by atoms with Gasteiger partial charge in [0.1, 0.15) is 0 Å². The van der Waals surface area contributed by atoms with Gasteiger partial charge in [-0.2, -0.15) is 0 Å². The molecule has 2 rings (SSSR count). The topological polar surface area (TPSA) is 52.0 Å². The summed E-state index contributed by atoms with van der Waals surface area (Å²) in [5.41, 5.74) is 2.40. The van der Waals surface area contributed by atoms with Gasteiger partial charge < -0.3 is 10.1 Å². The highest BCUT2D eigenvalue weighted by molar-refractivity contribution is 5.13. The van der Waals surface area contributed by atoms with Crippen LogP contribution < -0.4 is 5.32 Å². The molecule has 1 N–H and O–H groups in total. The Hall–Kier alpha value is -0.940. The molecule has 0 aromatic carbocycles. The maximum Gasteiger partial charge on any atom is 0.0996 e. The second kappa shape index (κ2) is 6.29. The van der Waals surface area contributed by atoms with Crippen molar-refractivity contribution in [3.8, 4) is 0 Å². The molecule has 0 radical (unpaired) electrons. The van der Waals surface area contributed by atoms with E-state index in [9.17, 15) is 0 Å². The van der Waals surface area contributed by atoms with E-state index in [1.165, 1.54) is 18.5 Å². The van der Waals surface area contributed by atoms with Crippen molar-refractivity contribution in [2.24, 2.45) is 5.92 Å². The number of methoxy groups -OCH3 is 1. The van der Waals surface area contributed by atoms with Crippen LogP contribution in [0.5, 0.6) is 0 Å². The molecule has 1 aliphatic rings. The molecule has 1 fully saturated rings. The molecule has 1 unspecified atom stereocenters. The van der Waals surface area contributed by atoms with Crippen LogP contribution in [-0.2, 0) is 17.7 Å². The largest absolute Gasteiger partial charge is 0.382 e. The van der Waals surface area contributed by atoms with Gasteiger partial charge in [0.05, 0.1) is 24.0 Å². The summed E-state index contributed by atoms with van der Waals surface area (Å²) in [6, 6.07) is 0.307. The monoisotopic (exact) mass is 252 g/mol. The van der Waals surface area contributed by atoms with Crippen LogP contribution in [-0.4, -0.2) is 35.8 Å². The van der Waals surface area contributed by atoms with E-state index in [1.807, 2.05) is 7.05 Å². The minimum atomic E-state index is 0.307. The molecule has 0 amide bonds. The van der Waals surface area contributed by atoms with Gasteiger partial charge >= 0.3 is 0 Å². The number of aromatic nitrogens is 3. The molecule has 0 saturated heterocycles. The third kappa shape index (κ3) is 3.09. The van der Waals surface area contributed by atoms with E-state index in [1.54, 1.807) is 7.11 Å². The summed E-state index contributed by atoms with van der Waals surface area (Å²) in [5, 5.41) is 11.9. The van der Waals surface area contributed by atoms with Crippen LogP contribution in [0.25, 0.3) is 0 Å². The normalized spacial score (nSPS) is 17.1. The number of rotatable bonds is 8. The Morgan fingerprint density at radius 2 is 2.28 bits per heavy atom. The van der Waals surface area contributed by atoms with Crippen LogP contribution >= 0.6 is 0 Å². The molecule has 1 aromatic heterocycles. The average Bonchev–Trinajstić information content (AvgIpc) is 3.11. The Morgan fingerprint density at radius 1 is 1.50 bits per heavy atom. The molecule has 1 aromatic rings. The maximum atomic E-state index is 5.29. The van der Waals surface area contributed by atoms with Gasteiger partial charge in [0.25, 0.3) is 0 Å². The molecule has 0 aliphatic heterocycles. The fourth-order valence-electron chi connectivity index (χ4n) is 2.30. The van der Waals surface area contributed by atoms with Crippen molar-refractivity contribution in [2.75, 3.05) is 20.8 Å². The molecule has 0 spiro atoms. The third-order valence-electron chi connectivity index (χ3n) is 3.57. The summed E-state index contributed by atoms with van der Waals surface area (Å²) in [4.78, 5) is 0. The molecule has 102 valence electrons. The zero-order valence-corrected chi connectivity index (χ0v) is 11.6. The Kier molecular flexibility index (Phi) is 4.72. The van der Waals surface area contributed by atoms with Crippen molar-refractivity contribution in [1.29, 1.82) is 0 Å². The number of ether oxygens (including phenoxy) is 1. The van der Waals surface area contributed by atoms with E-state index in [4.69, 9.17) is 4.74 Å². The molecule has 1 saturated carbocycles. The summed E-state index contributed by atoms with van der Waals surface area (Å²) in [6.07, 6.45) is 4.84. The molecule has 18 heavy (non-hydrogen) atoms. The molecule has 5 nitrogen and oxygen atoms in total. The van der Waals surface area contributed by atoms with Crippen molar-refractivity contribution >= 4 is 0 Å². The van der Waals surface area contributed by atoms with Gasteiger partial charge in [0, 0.05) is 13.7 Å². The summed E-state index contributed by atoms with van der Waals surface area (Å²) in [7, 11) is 3.70. The quantitative estimate of drug-likeness (QED) is 0.762. The van der Waals surface area contributed by atoms with Crippen molar-refractivity contribution in [3.63, 3.8) is 0 Å². The lowest BCUT2D eigenvalue weighted by Gasteiger charge is -2.17. The van der Waals surface area contributed by atoms with Gasteiger partial charge in [0.15, 0.2) is 0 Å². The van der Waals surface area contributed by atoms with E-state index >= 15 is 0 Å². The highest BCUT2D eigenvalue weighted by atomic mass is 16.5. The van der Waals surface area contributed by atoms with Crippen LogP contribution in [0.2, 0.25) is 0 Å². The standard InChI is InChI=1S/C13H24N4O/c1-4-11(9-18-3)17-13(7-10-5-6-10)12(8-14-2)15-16-17/h10-11,14H,4-9H2,1-3H3. The minimum absolute atomic E-state index is 0.307. The maximum absolute atomic E-state index is 5.29. The Morgan fingerprint density at radius 3 is 2.83 bits per heavy atom. The van der Waals surface area contributed by atoms with Crippen molar-refractivity contribution < 1.29 is 4.74 Å². The van der Waals surface area contributed by atoms with E-state index in [0.717, 1.165) is 31.0 Å². The average molecular weight is 252 g/mol. The predicted molar refractivity (Wildman–Crippen MR) is 70.4 cm³/mol. The summed E-state index contributed by atoms with van der Waals surface area (Å²) >= 11 is 0. The van der Waals surface area contributed by atoms with Gasteiger partial charge in [-0.05, 0) is 38.6 Å². The van der Waals surface area contributed by atoms with Crippen LogP contribution in [0.3, 0.4) is 0 Å². The third-order valence-corrected chi connectivity index (χ3v) is 3.57. The number of hydrogen-bond donors (Lipinski definition) is 1. The second-order valence-corrected chi connectivity index (χ2v) is 5.12. The lowest BCUT2D eigenvalue weighted by atomic mass is 10.1. The van der Waals surface area contributed by atoms with E-state index in [-0.39, 0.29) is 0 Å². The first-order valence-corrected chi connectivity index (χ1v) is 6.86. The lowest BCUT2D eigenvalue weighted by Crippen LogP contribution is -2.19. The minimum Gasteiger partial charge on any atom is -0.382 e. The molecule has 5 heteroatoms.